The zero-order valence-corrected chi connectivity index (χ0v) is 15.9. The lowest BCUT2D eigenvalue weighted by molar-refractivity contribution is 0.0671. The molecule has 1 fully saturated rings. The van der Waals surface area contributed by atoms with Gasteiger partial charge < -0.3 is 14.3 Å². The summed E-state index contributed by atoms with van der Waals surface area (Å²) in [6, 6.07) is 1.94. The van der Waals surface area contributed by atoms with Crippen LogP contribution < -0.4 is 0 Å². The molecule has 0 radical (unpaired) electrons. The third-order valence-corrected chi connectivity index (χ3v) is 5.84. The number of aryl methyl sites for hydroxylation is 1. The molecule has 3 rings (SSSR count). The van der Waals surface area contributed by atoms with Gasteiger partial charge in [-0.1, -0.05) is 13.3 Å². The number of hydrogen-bond donors (Lipinski definition) is 1. The van der Waals surface area contributed by atoms with Gasteiger partial charge >= 0.3 is 0 Å². The smallest absolute Gasteiger partial charge is 0.289 e. The first kappa shape index (κ1) is 18.1. The maximum Gasteiger partial charge on any atom is 0.289 e. The second-order valence-corrected chi connectivity index (χ2v) is 7.77. The van der Waals surface area contributed by atoms with E-state index >= 15 is 0 Å². The highest BCUT2D eigenvalue weighted by Crippen LogP contribution is 2.27. The maximum absolute atomic E-state index is 12.9. The van der Waals surface area contributed by atoms with Crippen molar-refractivity contribution in [2.75, 3.05) is 18.8 Å². The Morgan fingerprint density at radius 1 is 1.52 bits per heavy atom. The number of carbonyl (C=O) groups is 1. The zero-order valence-electron chi connectivity index (χ0n) is 15.1. The van der Waals surface area contributed by atoms with Crippen LogP contribution in [0.5, 0.6) is 0 Å². The van der Waals surface area contributed by atoms with Crippen LogP contribution in [0.3, 0.4) is 0 Å². The minimum atomic E-state index is 0.00386. The van der Waals surface area contributed by atoms with Crippen LogP contribution in [0.2, 0.25) is 0 Å². The Balaban J connectivity index is 1.62. The molecule has 0 unspecified atom stereocenters. The molecule has 1 saturated heterocycles. The summed E-state index contributed by atoms with van der Waals surface area (Å²) in [5.74, 6) is 4.67. The number of hydrogen-bond acceptors (Lipinski definition) is 4. The minimum Gasteiger partial charge on any atom is -0.456 e. The Morgan fingerprint density at radius 3 is 3.16 bits per heavy atom. The molecular weight excluding hydrogens is 334 g/mol. The molecule has 136 valence electrons. The number of piperidine rings is 1. The standard InChI is InChI=1S/C19H27N3O2S/c1-3-4-10-25-13-16-11-17(24-14(16)2)19(23)22-9-5-6-15(12-22)18-20-7-8-21-18/h7-8,11,15H,3-6,9-10,12-13H2,1-2H3,(H,20,21)/t15-/m1/s1. The lowest BCUT2D eigenvalue weighted by Gasteiger charge is -2.31. The first-order valence-electron chi connectivity index (χ1n) is 9.14. The van der Waals surface area contributed by atoms with E-state index < -0.39 is 0 Å². The summed E-state index contributed by atoms with van der Waals surface area (Å²) in [5.41, 5.74) is 1.14. The number of furan rings is 1. The third kappa shape index (κ3) is 4.48. The number of amides is 1. The molecule has 1 amide bonds. The predicted octanol–water partition coefficient (Wildman–Crippen LogP) is 4.36. The fourth-order valence-corrected chi connectivity index (χ4v) is 4.38. The van der Waals surface area contributed by atoms with Crippen molar-refractivity contribution in [2.45, 2.75) is 51.2 Å². The van der Waals surface area contributed by atoms with E-state index in [1.165, 1.54) is 12.8 Å². The summed E-state index contributed by atoms with van der Waals surface area (Å²) in [6.07, 6.45) is 8.12. The number of imidazole rings is 1. The summed E-state index contributed by atoms with van der Waals surface area (Å²) < 4.78 is 5.78. The molecule has 2 aromatic heterocycles. The van der Waals surface area contributed by atoms with Crippen LogP contribution in [0.25, 0.3) is 0 Å². The van der Waals surface area contributed by atoms with Gasteiger partial charge in [0.05, 0.1) is 0 Å². The average Bonchev–Trinajstić information content (AvgIpc) is 3.28. The fourth-order valence-electron chi connectivity index (χ4n) is 3.24. The number of unbranched alkanes of at least 4 members (excludes halogenated alkanes) is 1. The highest BCUT2D eigenvalue weighted by Gasteiger charge is 2.28. The molecule has 2 aromatic rings. The number of rotatable bonds is 7. The number of nitrogens with one attached hydrogen (secondary N) is 1. The van der Waals surface area contributed by atoms with Crippen molar-refractivity contribution in [3.05, 3.63) is 41.4 Å². The summed E-state index contributed by atoms with van der Waals surface area (Å²) in [7, 11) is 0. The molecule has 6 heteroatoms. The van der Waals surface area contributed by atoms with Crippen molar-refractivity contribution >= 4 is 17.7 Å². The largest absolute Gasteiger partial charge is 0.456 e. The van der Waals surface area contributed by atoms with Gasteiger partial charge in [-0.15, -0.1) is 0 Å². The summed E-state index contributed by atoms with van der Waals surface area (Å²) in [6.45, 7) is 5.65. The Kier molecular flexibility index (Phi) is 6.24. The van der Waals surface area contributed by atoms with E-state index in [2.05, 4.69) is 16.9 Å². The highest BCUT2D eigenvalue weighted by molar-refractivity contribution is 7.98. The van der Waals surface area contributed by atoms with E-state index in [0.717, 1.165) is 48.0 Å². The van der Waals surface area contributed by atoms with Crippen molar-refractivity contribution in [1.82, 2.24) is 14.9 Å². The van der Waals surface area contributed by atoms with Gasteiger partial charge in [0.15, 0.2) is 5.76 Å². The van der Waals surface area contributed by atoms with Crippen molar-refractivity contribution in [2.24, 2.45) is 0 Å². The van der Waals surface area contributed by atoms with Gasteiger partial charge in [0, 0.05) is 42.7 Å². The van der Waals surface area contributed by atoms with Crippen molar-refractivity contribution < 1.29 is 9.21 Å². The van der Waals surface area contributed by atoms with E-state index in [0.29, 0.717) is 12.3 Å². The molecule has 1 atom stereocenters. The highest BCUT2D eigenvalue weighted by atomic mass is 32.2. The van der Waals surface area contributed by atoms with Crippen LogP contribution in [0.4, 0.5) is 0 Å². The Hall–Kier alpha value is -1.69. The summed E-state index contributed by atoms with van der Waals surface area (Å²) in [4.78, 5) is 22.3. The molecule has 1 N–H and O–H groups in total. The molecule has 25 heavy (non-hydrogen) atoms. The fraction of sp³-hybridized carbons (Fsp3) is 0.579. The van der Waals surface area contributed by atoms with Gasteiger partial charge in [0.1, 0.15) is 11.6 Å². The average molecular weight is 362 g/mol. The molecule has 1 aliphatic rings. The summed E-state index contributed by atoms with van der Waals surface area (Å²) >= 11 is 1.91. The van der Waals surface area contributed by atoms with E-state index in [1.54, 1.807) is 6.20 Å². The number of aromatic amines is 1. The maximum atomic E-state index is 12.9. The van der Waals surface area contributed by atoms with Crippen molar-refractivity contribution in [3.8, 4) is 0 Å². The lowest BCUT2D eigenvalue weighted by Crippen LogP contribution is -2.39. The summed E-state index contributed by atoms with van der Waals surface area (Å²) in [5, 5.41) is 0. The molecule has 3 heterocycles. The van der Waals surface area contributed by atoms with Crippen LogP contribution in [-0.4, -0.2) is 39.6 Å². The second-order valence-electron chi connectivity index (χ2n) is 6.66. The number of aromatic nitrogens is 2. The van der Waals surface area contributed by atoms with E-state index in [1.807, 2.05) is 35.8 Å². The Morgan fingerprint density at radius 2 is 2.40 bits per heavy atom. The van der Waals surface area contributed by atoms with E-state index in [-0.39, 0.29) is 11.8 Å². The first-order chi connectivity index (χ1) is 12.2. The zero-order chi connectivity index (χ0) is 17.6. The van der Waals surface area contributed by atoms with E-state index in [9.17, 15) is 4.79 Å². The van der Waals surface area contributed by atoms with E-state index in [4.69, 9.17) is 4.42 Å². The van der Waals surface area contributed by atoms with Gasteiger partial charge in [-0.05, 0) is 38.0 Å². The normalized spacial score (nSPS) is 17.8. The van der Waals surface area contributed by atoms with Gasteiger partial charge in [-0.3, -0.25) is 4.79 Å². The van der Waals surface area contributed by atoms with Crippen LogP contribution in [0, 0.1) is 6.92 Å². The number of carbonyl (C=O) groups excluding carboxylic acids is 1. The van der Waals surface area contributed by atoms with Crippen LogP contribution in [-0.2, 0) is 5.75 Å². The lowest BCUT2D eigenvalue weighted by atomic mass is 9.97. The number of nitrogens with zero attached hydrogens (tertiary/aromatic N) is 2. The third-order valence-electron chi connectivity index (χ3n) is 4.75. The topological polar surface area (TPSA) is 62.1 Å². The van der Waals surface area contributed by atoms with Gasteiger partial charge in [-0.25, -0.2) is 4.98 Å². The molecule has 0 saturated carbocycles. The molecule has 0 aromatic carbocycles. The van der Waals surface area contributed by atoms with Crippen LogP contribution >= 0.6 is 11.8 Å². The number of thioether (sulfide) groups is 1. The molecule has 0 aliphatic carbocycles. The van der Waals surface area contributed by atoms with Gasteiger partial charge in [-0.2, -0.15) is 11.8 Å². The minimum absolute atomic E-state index is 0.00386. The van der Waals surface area contributed by atoms with Gasteiger partial charge in [0.2, 0.25) is 0 Å². The van der Waals surface area contributed by atoms with Crippen LogP contribution in [0.15, 0.2) is 22.9 Å². The number of likely N-dealkylation sites (tertiary alicyclic amines) is 1. The quantitative estimate of drug-likeness (QED) is 0.744. The molecule has 5 nitrogen and oxygen atoms in total. The second kappa shape index (κ2) is 8.61. The molecular formula is C19H27N3O2S. The predicted molar refractivity (Wildman–Crippen MR) is 101 cm³/mol. The van der Waals surface area contributed by atoms with Crippen molar-refractivity contribution in [1.29, 1.82) is 0 Å². The Bertz CT molecular complexity index is 681. The number of H-pyrrole nitrogens is 1. The Labute approximate surface area is 153 Å². The molecule has 0 bridgehead atoms. The van der Waals surface area contributed by atoms with Gasteiger partial charge in [0.25, 0.3) is 5.91 Å². The monoisotopic (exact) mass is 361 g/mol. The van der Waals surface area contributed by atoms with Crippen molar-refractivity contribution in [3.63, 3.8) is 0 Å². The molecule has 0 spiro atoms. The molecule has 1 aliphatic heterocycles. The first-order valence-corrected chi connectivity index (χ1v) is 10.3. The van der Waals surface area contributed by atoms with Crippen LogP contribution in [0.1, 0.15) is 66.2 Å². The SMILES string of the molecule is CCCCSCc1cc(C(=O)N2CCC[C@@H](c3ncc[nH]3)C2)oc1C.